The molecule has 0 aliphatic heterocycles. The Bertz CT molecular complexity index is 884. The van der Waals surface area contributed by atoms with Gasteiger partial charge in [-0.3, -0.25) is 0 Å². The average molecular weight is 447 g/mol. The van der Waals surface area contributed by atoms with E-state index in [1.165, 1.54) is 5.56 Å². The van der Waals surface area contributed by atoms with Gasteiger partial charge in [0.2, 0.25) is 0 Å². The lowest BCUT2D eigenvalue weighted by atomic mass is 10.1. The number of hydrogen-bond acceptors (Lipinski definition) is 3. The zero-order valence-electron chi connectivity index (χ0n) is 15.0. The molecule has 0 bridgehead atoms. The fraction of sp³-hybridized carbons (Fsp3) is 0.182. The first-order chi connectivity index (χ1) is 13.1. The number of rotatable bonds is 8. The number of benzene rings is 3. The van der Waals surface area contributed by atoms with Crippen molar-refractivity contribution in [3.05, 3.63) is 92.9 Å². The fourth-order valence-corrected chi connectivity index (χ4v) is 3.32. The van der Waals surface area contributed by atoms with E-state index in [-0.39, 0.29) is 0 Å². The summed E-state index contributed by atoms with van der Waals surface area (Å²) in [6.45, 7) is 1.95. The summed E-state index contributed by atoms with van der Waals surface area (Å²) in [5.74, 6) is 1.72. The molecule has 0 aliphatic rings. The molecule has 0 amide bonds. The Morgan fingerprint density at radius 1 is 0.926 bits per heavy atom. The van der Waals surface area contributed by atoms with Crippen molar-refractivity contribution in [3.63, 3.8) is 0 Å². The van der Waals surface area contributed by atoms with Crippen molar-refractivity contribution < 1.29 is 9.47 Å². The molecule has 0 heterocycles. The van der Waals surface area contributed by atoms with Crippen LogP contribution < -0.4 is 14.8 Å². The molecule has 0 fully saturated rings. The molecular formula is C22H21BrClNO2. The van der Waals surface area contributed by atoms with E-state index in [2.05, 4.69) is 39.4 Å². The van der Waals surface area contributed by atoms with Gasteiger partial charge in [-0.05, 0) is 53.6 Å². The number of hydrogen-bond donors (Lipinski definition) is 1. The van der Waals surface area contributed by atoms with Crippen LogP contribution in [0.4, 0.5) is 0 Å². The average Bonchev–Trinajstić information content (AvgIpc) is 2.68. The standard InChI is InChI=1S/C22H21BrClNO2/c1-26-21-8-5-16(6-9-21)13-25-14-18-12-19(23)7-10-22(18)27-15-17-3-2-4-20(24)11-17/h2-12,25H,13-15H2,1H3. The Balaban J connectivity index is 1.61. The zero-order valence-corrected chi connectivity index (χ0v) is 17.4. The van der Waals surface area contributed by atoms with Crippen molar-refractivity contribution in [2.45, 2.75) is 19.7 Å². The lowest BCUT2D eigenvalue weighted by Crippen LogP contribution is -2.13. The predicted octanol–water partition coefficient (Wildman–Crippen LogP) is 5.98. The number of methoxy groups -OCH3 is 1. The van der Waals surface area contributed by atoms with E-state index in [0.29, 0.717) is 18.2 Å². The maximum absolute atomic E-state index is 6.04. The summed E-state index contributed by atoms with van der Waals surface area (Å²) in [5, 5.41) is 4.18. The minimum absolute atomic E-state index is 0.480. The monoisotopic (exact) mass is 445 g/mol. The molecule has 1 N–H and O–H groups in total. The second kappa shape index (κ2) is 9.79. The summed E-state index contributed by atoms with van der Waals surface area (Å²) in [6.07, 6.45) is 0. The van der Waals surface area contributed by atoms with Gasteiger partial charge in [0.05, 0.1) is 7.11 Å². The number of halogens is 2. The van der Waals surface area contributed by atoms with Crippen LogP contribution in [-0.2, 0) is 19.7 Å². The molecule has 3 nitrogen and oxygen atoms in total. The van der Waals surface area contributed by atoms with Gasteiger partial charge in [0.1, 0.15) is 18.1 Å². The number of nitrogens with one attached hydrogen (secondary N) is 1. The van der Waals surface area contributed by atoms with E-state index >= 15 is 0 Å². The van der Waals surface area contributed by atoms with Crippen LogP contribution in [0.25, 0.3) is 0 Å². The van der Waals surface area contributed by atoms with E-state index in [4.69, 9.17) is 21.1 Å². The molecule has 0 aromatic heterocycles. The maximum atomic E-state index is 6.04. The molecule has 0 saturated carbocycles. The van der Waals surface area contributed by atoms with Gasteiger partial charge in [0.25, 0.3) is 0 Å². The van der Waals surface area contributed by atoms with Gasteiger partial charge in [-0.1, -0.05) is 51.8 Å². The predicted molar refractivity (Wildman–Crippen MR) is 113 cm³/mol. The second-order valence-electron chi connectivity index (χ2n) is 6.12. The Hall–Kier alpha value is -2.01. The van der Waals surface area contributed by atoms with E-state index in [9.17, 15) is 0 Å². The van der Waals surface area contributed by atoms with Crippen LogP contribution >= 0.6 is 27.5 Å². The van der Waals surface area contributed by atoms with E-state index in [1.54, 1.807) is 7.11 Å². The van der Waals surface area contributed by atoms with Gasteiger partial charge in [0.15, 0.2) is 0 Å². The van der Waals surface area contributed by atoms with Gasteiger partial charge in [0, 0.05) is 28.1 Å². The van der Waals surface area contributed by atoms with Crippen LogP contribution in [0, 0.1) is 0 Å². The van der Waals surface area contributed by atoms with E-state index in [1.807, 2.05) is 48.5 Å². The Morgan fingerprint density at radius 2 is 1.74 bits per heavy atom. The third-order valence-corrected chi connectivity index (χ3v) is 4.84. The highest BCUT2D eigenvalue weighted by Gasteiger charge is 2.06. The summed E-state index contributed by atoms with van der Waals surface area (Å²) in [5.41, 5.74) is 3.34. The lowest BCUT2D eigenvalue weighted by molar-refractivity contribution is 0.302. The van der Waals surface area contributed by atoms with Crippen molar-refractivity contribution in [1.29, 1.82) is 0 Å². The quantitative estimate of drug-likeness (QED) is 0.462. The van der Waals surface area contributed by atoms with Gasteiger partial charge >= 0.3 is 0 Å². The van der Waals surface area contributed by atoms with Crippen LogP contribution in [0.1, 0.15) is 16.7 Å². The topological polar surface area (TPSA) is 30.5 Å². The second-order valence-corrected chi connectivity index (χ2v) is 7.47. The highest BCUT2D eigenvalue weighted by molar-refractivity contribution is 9.10. The first-order valence-electron chi connectivity index (χ1n) is 8.63. The largest absolute Gasteiger partial charge is 0.497 e. The van der Waals surface area contributed by atoms with Gasteiger partial charge in [-0.25, -0.2) is 0 Å². The van der Waals surface area contributed by atoms with Crippen LogP contribution in [-0.4, -0.2) is 7.11 Å². The number of ether oxygens (including phenoxy) is 2. The van der Waals surface area contributed by atoms with E-state index in [0.717, 1.165) is 33.6 Å². The van der Waals surface area contributed by atoms with Gasteiger partial charge < -0.3 is 14.8 Å². The Kier molecular flexibility index (Phi) is 7.16. The molecular weight excluding hydrogens is 426 g/mol. The molecule has 0 atom stereocenters. The summed E-state index contributed by atoms with van der Waals surface area (Å²) < 4.78 is 12.2. The van der Waals surface area contributed by atoms with Crippen LogP contribution in [0.15, 0.2) is 71.2 Å². The zero-order chi connectivity index (χ0) is 19.1. The van der Waals surface area contributed by atoms with Crippen LogP contribution in [0.2, 0.25) is 5.02 Å². The third kappa shape index (κ3) is 5.99. The summed E-state index contributed by atoms with van der Waals surface area (Å²) in [7, 11) is 1.67. The molecule has 27 heavy (non-hydrogen) atoms. The molecule has 0 saturated heterocycles. The minimum Gasteiger partial charge on any atom is -0.497 e. The SMILES string of the molecule is COc1ccc(CNCc2cc(Br)ccc2OCc2cccc(Cl)c2)cc1. The minimum atomic E-state index is 0.480. The molecule has 140 valence electrons. The lowest BCUT2D eigenvalue weighted by Gasteiger charge is -2.13. The summed E-state index contributed by atoms with van der Waals surface area (Å²) >= 11 is 9.58. The van der Waals surface area contributed by atoms with Crippen LogP contribution in [0.5, 0.6) is 11.5 Å². The van der Waals surface area contributed by atoms with Gasteiger partial charge in [-0.2, -0.15) is 0 Å². The molecule has 0 unspecified atom stereocenters. The molecule has 3 rings (SSSR count). The van der Waals surface area contributed by atoms with Crippen molar-refractivity contribution in [2.75, 3.05) is 7.11 Å². The maximum Gasteiger partial charge on any atom is 0.124 e. The third-order valence-electron chi connectivity index (χ3n) is 4.11. The normalized spacial score (nSPS) is 10.6. The van der Waals surface area contributed by atoms with Crippen molar-refractivity contribution in [2.24, 2.45) is 0 Å². The molecule has 3 aromatic rings. The summed E-state index contributed by atoms with van der Waals surface area (Å²) in [4.78, 5) is 0. The highest BCUT2D eigenvalue weighted by atomic mass is 79.9. The summed E-state index contributed by atoms with van der Waals surface area (Å²) in [6, 6.07) is 21.8. The Labute approximate surface area is 173 Å². The van der Waals surface area contributed by atoms with Crippen LogP contribution in [0.3, 0.4) is 0 Å². The first kappa shape index (κ1) is 19.7. The first-order valence-corrected chi connectivity index (χ1v) is 9.80. The molecule has 0 spiro atoms. The van der Waals surface area contributed by atoms with Crippen molar-refractivity contribution in [1.82, 2.24) is 5.32 Å². The Morgan fingerprint density at radius 3 is 2.48 bits per heavy atom. The van der Waals surface area contributed by atoms with E-state index < -0.39 is 0 Å². The molecule has 5 heteroatoms. The van der Waals surface area contributed by atoms with Crippen molar-refractivity contribution in [3.8, 4) is 11.5 Å². The molecule has 3 aromatic carbocycles. The van der Waals surface area contributed by atoms with Gasteiger partial charge in [-0.15, -0.1) is 0 Å². The molecule has 0 radical (unpaired) electrons. The highest BCUT2D eigenvalue weighted by Crippen LogP contribution is 2.25. The molecule has 0 aliphatic carbocycles. The van der Waals surface area contributed by atoms with Crippen molar-refractivity contribution >= 4 is 27.5 Å². The smallest absolute Gasteiger partial charge is 0.124 e. The fourth-order valence-electron chi connectivity index (χ4n) is 2.70.